The van der Waals surface area contributed by atoms with Crippen molar-refractivity contribution in [3.8, 4) is 0 Å². The lowest BCUT2D eigenvalue weighted by atomic mass is 10.0. The SMILES string of the molecule is CCOC(=O)[C@H](N)C(=O)C(C)C. The van der Waals surface area contributed by atoms with Gasteiger partial charge in [-0.1, -0.05) is 13.8 Å². The molecule has 2 N–H and O–H groups in total. The first-order valence-corrected chi connectivity index (χ1v) is 3.96. The molecule has 0 saturated heterocycles. The number of carbonyl (C=O) groups is 2. The quantitative estimate of drug-likeness (QED) is 0.483. The fourth-order valence-electron chi connectivity index (χ4n) is 0.707. The number of ketones is 1. The second-order valence-electron chi connectivity index (χ2n) is 2.79. The van der Waals surface area contributed by atoms with Gasteiger partial charge in [0.1, 0.15) is 0 Å². The van der Waals surface area contributed by atoms with Gasteiger partial charge >= 0.3 is 5.97 Å². The van der Waals surface area contributed by atoms with Crippen LogP contribution in [0.3, 0.4) is 0 Å². The molecule has 0 aliphatic carbocycles. The van der Waals surface area contributed by atoms with Crippen molar-refractivity contribution < 1.29 is 14.3 Å². The van der Waals surface area contributed by atoms with E-state index in [4.69, 9.17) is 5.73 Å². The Kier molecular flexibility index (Phi) is 4.51. The molecule has 1 atom stereocenters. The fourth-order valence-corrected chi connectivity index (χ4v) is 0.707. The highest BCUT2D eigenvalue weighted by Gasteiger charge is 2.25. The van der Waals surface area contributed by atoms with Crippen molar-refractivity contribution in [2.45, 2.75) is 26.8 Å². The number of hydrogen-bond acceptors (Lipinski definition) is 4. The summed E-state index contributed by atoms with van der Waals surface area (Å²) < 4.78 is 4.59. The van der Waals surface area contributed by atoms with E-state index in [1.54, 1.807) is 20.8 Å². The smallest absolute Gasteiger partial charge is 0.330 e. The van der Waals surface area contributed by atoms with Crippen molar-refractivity contribution in [1.82, 2.24) is 0 Å². The predicted molar refractivity (Wildman–Crippen MR) is 44.5 cm³/mol. The van der Waals surface area contributed by atoms with Gasteiger partial charge in [0.05, 0.1) is 6.61 Å². The van der Waals surface area contributed by atoms with Crippen LogP contribution in [0.25, 0.3) is 0 Å². The van der Waals surface area contributed by atoms with Crippen LogP contribution in [0.5, 0.6) is 0 Å². The number of carbonyl (C=O) groups excluding carboxylic acids is 2. The summed E-state index contributed by atoms with van der Waals surface area (Å²) in [6.07, 6.45) is 0. The minimum atomic E-state index is -1.12. The third-order valence-electron chi connectivity index (χ3n) is 1.42. The maximum Gasteiger partial charge on any atom is 0.330 e. The summed E-state index contributed by atoms with van der Waals surface area (Å²) in [5.41, 5.74) is 5.32. The Bertz CT molecular complexity index is 177. The van der Waals surface area contributed by atoms with E-state index < -0.39 is 12.0 Å². The monoisotopic (exact) mass is 173 g/mol. The molecule has 0 spiro atoms. The maximum absolute atomic E-state index is 11.1. The normalized spacial score (nSPS) is 12.8. The van der Waals surface area contributed by atoms with Crippen molar-refractivity contribution in [2.24, 2.45) is 11.7 Å². The molecular weight excluding hydrogens is 158 g/mol. The molecule has 4 nitrogen and oxygen atoms in total. The van der Waals surface area contributed by atoms with Crippen LogP contribution in [-0.4, -0.2) is 24.4 Å². The lowest BCUT2D eigenvalue weighted by molar-refractivity contribution is -0.148. The third kappa shape index (κ3) is 3.00. The number of ether oxygens (including phenoxy) is 1. The van der Waals surface area contributed by atoms with Gasteiger partial charge in [0.25, 0.3) is 0 Å². The highest BCUT2D eigenvalue weighted by atomic mass is 16.5. The van der Waals surface area contributed by atoms with Gasteiger partial charge in [0, 0.05) is 5.92 Å². The molecule has 0 amide bonds. The number of nitrogens with two attached hydrogens (primary N) is 1. The molecule has 0 unspecified atom stereocenters. The van der Waals surface area contributed by atoms with Gasteiger partial charge in [0.15, 0.2) is 11.8 Å². The summed E-state index contributed by atoms with van der Waals surface area (Å²) in [6, 6.07) is -1.12. The molecule has 0 aromatic heterocycles. The van der Waals surface area contributed by atoms with E-state index in [1.165, 1.54) is 0 Å². The van der Waals surface area contributed by atoms with Crippen LogP contribution in [0.2, 0.25) is 0 Å². The Morgan fingerprint density at radius 1 is 1.42 bits per heavy atom. The largest absolute Gasteiger partial charge is 0.464 e. The van der Waals surface area contributed by atoms with Gasteiger partial charge in [0.2, 0.25) is 0 Å². The molecule has 0 aromatic rings. The van der Waals surface area contributed by atoms with Crippen LogP contribution < -0.4 is 5.73 Å². The standard InChI is InChI=1S/C8H15NO3/c1-4-12-8(11)6(9)7(10)5(2)3/h5-6H,4,9H2,1-3H3/t6-/m1/s1. The van der Waals surface area contributed by atoms with E-state index in [9.17, 15) is 9.59 Å². The second-order valence-corrected chi connectivity index (χ2v) is 2.79. The molecule has 12 heavy (non-hydrogen) atoms. The van der Waals surface area contributed by atoms with Crippen molar-refractivity contribution in [1.29, 1.82) is 0 Å². The maximum atomic E-state index is 11.1. The molecule has 0 aliphatic heterocycles. The van der Waals surface area contributed by atoms with Crippen molar-refractivity contribution in [2.75, 3.05) is 6.61 Å². The first kappa shape index (κ1) is 11.1. The molecule has 70 valence electrons. The van der Waals surface area contributed by atoms with Gasteiger partial charge in [-0.25, -0.2) is 4.79 Å². The van der Waals surface area contributed by atoms with Crippen LogP contribution in [0.1, 0.15) is 20.8 Å². The van der Waals surface area contributed by atoms with E-state index >= 15 is 0 Å². The summed E-state index contributed by atoms with van der Waals surface area (Å²) in [5, 5.41) is 0. The number of hydrogen-bond donors (Lipinski definition) is 1. The first-order chi connectivity index (χ1) is 5.50. The molecule has 0 rings (SSSR count). The Hall–Kier alpha value is -0.900. The van der Waals surface area contributed by atoms with Crippen molar-refractivity contribution >= 4 is 11.8 Å². The van der Waals surface area contributed by atoms with E-state index in [2.05, 4.69) is 4.74 Å². The van der Waals surface area contributed by atoms with E-state index in [0.717, 1.165) is 0 Å². The van der Waals surface area contributed by atoms with Gasteiger partial charge in [-0.05, 0) is 6.92 Å². The molecule has 0 radical (unpaired) electrons. The summed E-state index contributed by atoms with van der Waals surface area (Å²) >= 11 is 0. The lowest BCUT2D eigenvalue weighted by Crippen LogP contribution is -2.42. The zero-order valence-electron chi connectivity index (χ0n) is 7.66. The van der Waals surface area contributed by atoms with Crippen molar-refractivity contribution in [3.63, 3.8) is 0 Å². The number of rotatable bonds is 4. The molecule has 0 heterocycles. The molecule has 0 aromatic carbocycles. The molecule has 0 aliphatic rings. The summed E-state index contributed by atoms with van der Waals surface area (Å²) in [6.45, 7) is 5.31. The minimum absolute atomic E-state index is 0.232. The average Bonchev–Trinajstić information content (AvgIpc) is 2.02. The van der Waals surface area contributed by atoms with Crippen LogP contribution in [0.15, 0.2) is 0 Å². The lowest BCUT2D eigenvalue weighted by Gasteiger charge is -2.11. The van der Waals surface area contributed by atoms with E-state index in [0.29, 0.717) is 0 Å². The summed E-state index contributed by atoms with van der Waals surface area (Å²) in [7, 11) is 0. The van der Waals surface area contributed by atoms with Gasteiger partial charge in [-0.15, -0.1) is 0 Å². The highest BCUT2D eigenvalue weighted by molar-refractivity contribution is 6.03. The number of esters is 1. The molecular formula is C8H15NO3. The fraction of sp³-hybridized carbons (Fsp3) is 0.750. The average molecular weight is 173 g/mol. The Labute approximate surface area is 72.1 Å². The summed E-state index contributed by atoms with van der Waals surface area (Å²) in [5.74, 6) is -1.16. The topological polar surface area (TPSA) is 69.4 Å². The predicted octanol–water partition coefficient (Wildman–Crippen LogP) is 0.102. The second kappa shape index (κ2) is 4.87. The highest BCUT2D eigenvalue weighted by Crippen LogP contribution is 1.99. The molecule has 0 bridgehead atoms. The van der Waals surface area contributed by atoms with E-state index in [-0.39, 0.29) is 18.3 Å². The van der Waals surface area contributed by atoms with E-state index in [1.807, 2.05) is 0 Å². The van der Waals surface area contributed by atoms with Crippen molar-refractivity contribution in [3.05, 3.63) is 0 Å². The Morgan fingerprint density at radius 3 is 2.25 bits per heavy atom. The minimum Gasteiger partial charge on any atom is -0.464 e. The first-order valence-electron chi connectivity index (χ1n) is 3.96. The third-order valence-corrected chi connectivity index (χ3v) is 1.42. The zero-order valence-corrected chi connectivity index (χ0v) is 7.66. The summed E-state index contributed by atoms with van der Waals surface area (Å²) in [4.78, 5) is 22.1. The van der Waals surface area contributed by atoms with Crippen LogP contribution in [-0.2, 0) is 14.3 Å². The zero-order chi connectivity index (χ0) is 9.72. The Morgan fingerprint density at radius 2 is 1.92 bits per heavy atom. The van der Waals surface area contributed by atoms with Crippen LogP contribution in [0.4, 0.5) is 0 Å². The number of Topliss-reactive ketones (excluding diaryl/α,β-unsaturated/α-hetero) is 1. The van der Waals surface area contributed by atoms with Gasteiger partial charge in [-0.2, -0.15) is 0 Å². The van der Waals surface area contributed by atoms with Crippen LogP contribution >= 0.6 is 0 Å². The molecule has 0 fully saturated rings. The van der Waals surface area contributed by atoms with Gasteiger partial charge < -0.3 is 10.5 Å². The van der Waals surface area contributed by atoms with Gasteiger partial charge in [-0.3, -0.25) is 4.79 Å². The molecule has 0 saturated carbocycles. The van der Waals surface area contributed by atoms with Crippen LogP contribution in [0, 0.1) is 5.92 Å². The molecule has 4 heteroatoms. The Balaban J connectivity index is 4.10.